The average Bonchev–Trinajstić information content (AvgIpc) is 3.38. The Hall–Kier alpha value is -3.78. The van der Waals surface area contributed by atoms with Crippen molar-refractivity contribution < 1.29 is 4.79 Å². The lowest BCUT2D eigenvalue weighted by molar-refractivity contribution is -0.115. The molecule has 0 atom stereocenters. The van der Waals surface area contributed by atoms with Crippen LogP contribution in [0.25, 0.3) is 5.78 Å². The van der Waals surface area contributed by atoms with Crippen LogP contribution in [0, 0.1) is 6.92 Å². The standard InChI is InChI=1S/C23H22N6O2/c1-15-20(22(31)29-23(26-15)24-14-25-29)10-21(30)27-19-8-7-17-12-28(13-18(17)9-19)11-16-5-3-2-4-6-16/h2-9,14H,10-13H2,1H3,(H,27,30)(H,24,25,26). The van der Waals surface area contributed by atoms with Crippen LogP contribution in [0.3, 0.4) is 0 Å². The zero-order chi connectivity index (χ0) is 21.4. The van der Waals surface area contributed by atoms with E-state index in [1.54, 1.807) is 6.92 Å². The summed E-state index contributed by atoms with van der Waals surface area (Å²) < 4.78 is 1.24. The summed E-state index contributed by atoms with van der Waals surface area (Å²) in [6, 6.07) is 16.4. The van der Waals surface area contributed by atoms with Crippen LogP contribution in [0.15, 0.2) is 59.7 Å². The third-order valence-electron chi connectivity index (χ3n) is 5.60. The summed E-state index contributed by atoms with van der Waals surface area (Å²) in [6.45, 7) is 4.35. The highest BCUT2D eigenvalue weighted by Crippen LogP contribution is 2.27. The maximum Gasteiger partial charge on any atom is 0.277 e. The number of carbonyl (C=O) groups excluding carboxylic acids is 1. The van der Waals surface area contributed by atoms with Gasteiger partial charge in [-0.3, -0.25) is 19.6 Å². The summed E-state index contributed by atoms with van der Waals surface area (Å²) in [5, 5.41) is 5.64. The average molecular weight is 414 g/mol. The van der Waals surface area contributed by atoms with Crippen molar-refractivity contribution in [3.8, 4) is 0 Å². The number of hydrogen-bond acceptors (Lipinski definition) is 5. The number of aromatic nitrogens is 4. The predicted octanol–water partition coefficient (Wildman–Crippen LogP) is 2.42. The predicted molar refractivity (Wildman–Crippen MR) is 117 cm³/mol. The van der Waals surface area contributed by atoms with Gasteiger partial charge in [0.15, 0.2) is 0 Å². The Balaban J connectivity index is 1.27. The number of aryl methyl sites for hydroxylation is 1. The molecule has 0 radical (unpaired) electrons. The van der Waals surface area contributed by atoms with E-state index < -0.39 is 0 Å². The van der Waals surface area contributed by atoms with Gasteiger partial charge in [0.25, 0.3) is 11.3 Å². The largest absolute Gasteiger partial charge is 0.326 e. The molecule has 1 aliphatic heterocycles. The Kier molecular flexibility index (Phi) is 4.83. The number of amides is 1. The number of nitrogens with zero attached hydrogens (tertiary/aromatic N) is 4. The number of hydrogen-bond donors (Lipinski definition) is 2. The Labute approximate surface area is 178 Å². The molecule has 2 aromatic heterocycles. The Bertz CT molecular complexity index is 1330. The van der Waals surface area contributed by atoms with Gasteiger partial charge in [-0.1, -0.05) is 36.4 Å². The van der Waals surface area contributed by atoms with Crippen LogP contribution in [0.2, 0.25) is 0 Å². The molecule has 0 bridgehead atoms. The van der Waals surface area contributed by atoms with Gasteiger partial charge in [-0.2, -0.15) is 4.52 Å². The number of fused-ring (bicyclic) bond motifs is 2. The van der Waals surface area contributed by atoms with Crippen LogP contribution < -0.4 is 10.9 Å². The first-order valence-electron chi connectivity index (χ1n) is 10.2. The lowest BCUT2D eigenvalue weighted by atomic mass is 10.1. The summed E-state index contributed by atoms with van der Waals surface area (Å²) >= 11 is 0. The zero-order valence-electron chi connectivity index (χ0n) is 17.1. The normalized spacial score (nSPS) is 13.5. The molecule has 156 valence electrons. The van der Waals surface area contributed by atoms with Crippen molar-refractivity contribution in [3.63, 3.8) is 0 Å². The molecule has 0 aliphatic carbocycles. The van der Waals surface area contributed by atoms with Crippen molar-refractivity contribution in [1.29, 1.82) is 0 Å². The first-order chi connectivity index (χ1) is 15.1. The summed E-state index contributed by atoms with van der Waals surface area (Å²) in [7, 11) is 0. The van der Waals surface area contributed by atoms with E-state index in [9.17, 15) is 9.59 Å². The van der Waals surface area contributed by atoms with Gasteiger partial charge in [-0.25, -0.2) is 9.97 Å². The monoisotopic (exact) mass is 414 g/mol. The van der Waals surface area contributed by atoms with Crippen molar-refractivity contribution in [2.45, 2.75) is 33.0 Å². The van der Waals surface area contributed by atoms with Crippen molar-refractivity contribution >= 4 is 17.4 Å². The van der Waals surface area contributed by atoms with E-state index >= 15 is 0 Å². The SMILES string of the molecule is Cc1nc2nc[nH]n2c(=O)c1CC(=O)Nc1ccc2c(c1)CN(Cc1ccccc1)C2. The summed E-state index contributed by atoms with van der Waals surface area (Å²) in [5.74, 6) is 0.0471. The topological polar surface area (TPSA) is 95.4 Å². The van der Waals surface area contributed by atoms with Crippen molar-refractivity contribution in [3.05, 3.63) is 93.2 Å². The van der Waals surface area contributed by atoms with Gasteiger partial charge in [0.05, 0.1) is 17.7 Å². The van der Waals surface area contributed by atoms with Crippen LogP contribution in [0.4, 0.5) is 5.69 Å². The smallest absolute Gasteiger partial charge is 0.277 e. The number of rotatable bonds is 5. The van der Waals surface area contributed by atoms with Gasteiger partial charge in [-0.15, -0.1) is 0 Å². The van der Waals surface area contributed by atoms with Gasteiger partial charge in [0.1, 0.15) is 6.33 Å². The van der Waals surface area contributed by atoms with Gasteiger partial charge >= 0.3 is 0 Å². The Morgan fingerprint density at radius 2 is 1.94 bits per heavy atom. The molecule has 1 amide bonds. The van der Waals surface area contributed by atoms with E-state index in [0.29, 0.717) is 17.0 Å². The van der Waals surface area contributed by atoms with Crippen molar-refractivity contribution in [1.82, 2.24) is 24.5 Å². The van der Waals surface area contributed by atoms with Crippen LogP contribution >= 0.6 is 0 Å². The molecule has 2 aromatic carbocycles. The van der Waals surface area contributed by atoms with Crippen LogP contribution in [0.1, 0.15) is 27.9 Å². The fraction of sp³-hybridized carbons (Fsp3) is 0.217. The molecule has 4 aromatic rings. The molecule has 1 aliphatic rings. The Morgan fingerprint density at radius 3 is 2.77 bits per heavy atom. The second kappa shape index (κ2) is 7.81. The number of nitrogens with one attached hydrogen (secondary N) is 2. The van der Waals surface area contributed by atoms with Gasteiger partial charge in [0.2, 0.25) is 5.91 Å². The molecule has 0 unspecified atom stereocenters. The molecule has 0 fully saturated rings. The third-order valence-corrected chi connectivity index (χ3v) is 5.60. The van der Waals surface area contributed by atoms with E-state index in [1.807, 2.05) is 18.2 Å². The van der Waals surface area contributed by atoms with E-state index in [-0.39, 0.29) is 17.9 Å². The second-order valence-electron chi connectivity index (χ2n) is 7.84. The summed E-state index contributed by atoms with van der Waals surface area (Å²) in [4.78, 5) is 35.9. The zero-order valence-corrected chi connectivity index (χ0v) is 17.1. The molecule has 2 N–H and O–H groups in total. The molecule has 5 rings (SSSR count). The maximum absolute atomic E-state index is 12.6. The summed E-state index contributed by atoms with van der Waals surface area (Å²) in [5.41, 5.74) is 5.07. The number of H-pyrrole nitrogens is 1. The molecule has 0 spiro atoms. The lowest BCUT2D eigenvalue weighted by Crippen LogP contribution is -2.26. The fourth-order valence-corrected chi connectivity index (χ4v) is 4.06. The molecule has 0 saturated heterocycles. The van der Waals surface area contributed by atoms with Gasteiger partial charge in [-0.05, 0) is 35.7 Å². The first-order valence-corrected chi connectivity index (χ1v) is 10.2. The quantitative estimate of drug-likeness (QED) is 0.523. The number of benzene rings is 2. The minimum atomic E-state index is -0.305. The van der Waals surface area contributed by atoms with E-state index in [4.69, 9.17) is 0 Å². The minimum absolute atomic E-state index is 0.0448. The fourth-order valence-electron chi connectivity index (χ4n) is 4.06. The van der Waals surface area contributed by atoms with E-state index in [1.165, 1.54) is 27.5 Å². The van der Waals surface area contributed by atoms with Gasteiger partial charge in [0, 0.05) is 25.3 Å². The molecular weight excluding hydrogens is 392 g/mol. The van der Waals surface area contributed by atoms with Crippen LogP contribution in [-0.4, -0.2) is 30.4 Å². The van der Waals surface area contributed by atoms with Crippen LogP contribution in [0.5, 0.6) is 0 Å². The van der Waals surface area contributed by atoms with Gasteiger partial charge < -0.3 is 5.32 Å². The number of carbonyl (C=O) groups is 1. The van der Waals surface area contributed by atoms with E-state index in [0.717, 1.165) is 25.3 Å². The van der Waals surface area contributed by atoms with Crippen molar-refractivity contribution in [2.24, 2.45) is 0 Å². The maximum atomic E-state index is 12.6. The molecule has 8 heteroatoms. The van der Waals surface area contributed by atoms with Crippen molar-refractivity contribution in [2.75, 3.05) is 5.32 Å². The highest BCUT2D eigenvalue weighted by atomic mass is 16.2. The third kappa shape index (κ3) is 3.85. The molecule has 3 heterocycles. The lowest BCUT2D eigenvalue weighted by Gasteiger charge is -2.14. The molecule has 0 saturated carbocycles. The first kappa shape index (κ1) is 19.2. The van der Waals surface area contributed by atoms with Crippen LogP contribution in [-0.2, 0) is 30.8 Å². The highest BCUT2D eigenvalue weighted by Gasteiger charge is 2.20. The number of anilines is 1. The second-order valence-corrected chi connectivity index (χ2v) is 7.84. The minimum Gasteiger partial charge on any atom is -0.326 e. The molecular formula is C23H22N6O2. The van der Waals surface area contributed by atoms with E-state index in [2.05, 4.69) is 55.6 Å². The molecule has 31 heavy (non-hydrogen) atoms. The highest BCUT2D eigenvalue weighted by molar-refractivity contribution is 5.92. The molecule has 8 nitrogen and oxygen atoms in total. The Morgan fingerprint density at radius 1 is 1.13 bits per heavy atom. The summed E-state index contributed by atoms with van der Waals surface area (Å²) in [6.07, 6.45) is 1.36. The number of aromatic amines is 1.